The standard InChI is InChI=1S/C12H20N4S/c1-5-15(9(2)3)11-10(8-13-4)16-6-7-17-12(16)14-11/h6-7,9,13H,5,8H2,1-4H3. The largest absolute Gasteiger partial charge is 0.353 e. The molecule has 0 aliphatic carbocycles. The molecule has 2 heterocycles. The van der Waals surface area contributed by atoms with Crippen molar-refractivity contribution in [3.63, 3.8) is 0 Å². The maximum absolute atomic E-state index is 4.75. The summed E-state index contributed by atoms with van der Waals surface area (Å²) in [6.07, 6.45) is 2.09. The zero-order valence-corrected chi connectivity index (χ0v) is 11.7. The van der Waals surface area contributed by atoms with E-state index in [4.69, 9.17) is 4.98 Å². The predicted molar refractivity (Wildman–Crippen MR) is 74.0 cm³/mol. The fourth-order valence-electron chi connectivity index (χ4n) is 2.14. The van der Waals surface area contributed by atoms with Gasteiger partial charge in [0.05, 0.1) is 5.69 Å². The van der Waals surface area contributed by atoms with Gasteiger partial charge in [-0.25, -0.2) is 4.98 Å². The van der Waals surface area contributed by atoms with Crippen molar-refractivity contribution < 1.29 is 0 Å². The Hall–Kier alpha value is -1.07. The van der Waals surface area contributed by atoms with Gasteiger partial charge in [0.25, 0.3) is 0 Å². The molecule has 0 bridgehead atoms. The van der Waals surface area contributed by atoms with E-state index in [1.54, 1.807) is 11.3 Å². The van der Waals surface area contributed by atoms with Crippen LogP contribution in [0.4, 0.5) is 5.82 Å². The highest BCUT2D eigenvalue weighted by Crippen LogP contribution is 2.25. The van der Waals surface area contributed by atoms with Crippen LogP contribution in [0.5, 0.6) is 0 Å². The van der Waals surface area contributed by atoms with Crippen LogP contribution < -0.4 is 10.2 Å². The molecule has 0 saturated carbocycles. The van der Waals surface area contributed by atoms with Gasteiger partial charge in [0, 0.05) is 30.7 Å². The van der Waals surface area contributed by atoms with E-state index >= 15 is 0 Å². The first-order valence-corrected chi connectivity index (χ1v) is 6.92. The quantitative estimate of drug-likeness (QED) is 0.886. The van der Waals surface area contributed by atoms with E-state index in [-0.39, 0.29) is 0 Å². The maximum Gasteiger partial charge on any atom is 0.195 e. The van der Waals surface area contributed by atoms with Crippen LogP contribution in [0.3, 0.4) is 0 Å². The summed E-state index contributed by atoms with van der Waals surface area (Å²) in [7, 11) is 1.97. The number of imidazole rings is 1. The first kappa shape index (κ1) is 12.4. The summed E-state index contributed by atoms with van der Waals surface area (Å²) in [5.41, 5.74) is 1.25. The van der Waals surface area contributed by atoms with Gasteiger partial charge in [-0.3, -0.25) is 4.40 Å². The normalized spacial score (nSPS) is 11.6. The minimum atomic E-state index is 0.472. The minimum absolute atomic E-state index is 0.472. The molecule has 17 heavy (non-hydrogen) atoms. The lowest BCUT2D eigenvalue weighted by Crippen LogP contribution is -2.32. The Morgan fingerprint density at radius 1 is 1.53 bits per heavy atom. The number of rotatable bonds is 5. The van der Waals surface area contributed by atoms with Crippen molar-refractivity contribution in [3.05, 3.63) is 17.3 Å². The van der Waals surface area contributed by atoms with E-state index in [1.165, 1.54) is 5.69 Å². The molecule has 0 amide bonds. The molecule has 0 unspecified atom stereocenters. The highest BCUT2D eigenvalue weighted by Gasteiger charge is 2.19. The maximum atomic E-state index is 4.75. The molecule has 0 aliphatic heterocycles. The van der Waals surface area contributed by atoms with Gasteiger partial charge >= 0.3 is 0 Å². The summed E-state index contributed by atoms with van der Waals surface area (Å²) in [5.74, 6) is 1.11. The Balaban J connectivity index is 2.50. The summed E-state index contributed by atoms with van der Waals surface area (Å²) < 4.78 is 2.18. The third kappa shape index (κ3) is 2.17. The molecule has 0 saturated heterocycles. The molecular weight excluding hydrogens is 232 g/mol. The van der Waals surface area contributed by atoms with Crippen molar-refractivity contribution in [3.8, 4) is 0 Å². The smallest absolute Gasteiger partial charge is 0.195 e. The van der Waals surface area contributed by atoms with Gasteiger partial charge in [-0.2, -0.15) is 0 Å². The molecular formula is C12H20N4S. The monoisotopic (exact) mass is 252 g/mol. The van der Waals surface area contributed by atoms with Crippen molar-refractivity contribution in [2.75, 3.05) is 18.5 Å². The number of anilines is 1. The summed E-state index contributed by atoms with van der Waals surface area (Å²) in [6.45, 7) is 8.42. The van der Waals surface area contributed by atoms with E-state index in [1.807, 2.05) is 7.05 Å². The lowest BCUT2D eigenvalue weighted by molar-refractivity contribution is 0.682. The first-order chi connectivity index (χ1) is 8.19. The summed E-state index contributed by atoms with van der Waals surface area (Å²) in [4.78, 5) is 8.16. The summed E-state index contributed by atoms with van der Waals surface area (Å²) in [6, 6.07) is 0.472. The lowest BCUT2D eigenvalue weighted by Gasteiger charge is -2.26. The molecule has 0 aliphatic rings. The molecule has 2 aromatic heterocycles. The number of nitrogens with zero attached hydrogens (tertiary/aromatic N) is 3. The van der Waals surface area contributed by atoms with Crippen LogP contribution in [0.15, 0.2) is 11.6 Å². The molecule has 0 atom stereocenters. The average molecular weight is 252 g/mol. The Morgan fingerprint density at radius 3 is 2.88 bits per heavy atom. The van der Waals surface area contributed by atoms with Crippen molar-refractivity contribution >= 4 is 22.1 Å². The fourth-order valence-corrected chi connectivity index (χ4v) is 2.87. The second-order valence-corrected chi connectivity index (χ2v) is 5.22. The summed E-state index contributed by atoms with van der Waals surface area (Å²) >= 11 is 1.69. The van der Waals surface area contributed by atoms with Crippen LogP contribution in [-0.4, -0.2) is 29.0 Å². The van der Waals surface area contributed by atoms with Gasteiger partial charge < -0.3 is 10.2 Å². The highest BCUT2D eigenvalue weighted by atomic mass is 32.1. The van der Waals surface area contributed by atoms with E-state index in [2.05, 4.69) is 47.0 Å². The molecule has 94 valence electrons. The highest BCUT2D eigenvalue weighted by molar-refractivity contribution is 7.15. The van der Waals surface area contributed by atoms with E-state index in [0.29, 0.717) is 6.04 Å². The Bertz CT molecular complexity index is 486. The first-order valence-electron chi connectivity index (χ1n) is 6.04. The van der Waals surface area contributed by atoms with E-state index in [9.17, 15) is 0 Å². The van der Waals surface area contributed by atoms with Crippen LogP contribution in [0.2, 0.25) is 0 Å². The fraction of sp³-hybridized carbons (Fsp3) is 0.583. The number of hydrogen-bond donors (Lipinski definition) is 1. The number of nitrogens with one attached hydrogen (secondary N) is 1. The van der Waals surface area contributed by atoms with Gasteiger partial charge in [0.2, 0.25) is 0 Å². The van der Waals surface area contributed by atoms with Gasteiger partial charge in [0.1, 0.15) is 0 Å². The molecule has 4 nitrogen and oxygen atoms in total. The minimum Gasteiger partial charge on any atom is -0.353 e. The number of hydrogen-bond acceptors (Lipinski definition) is 4. The van der Waals surface area contributed by atoms with Crippen LogP contribution in [0.1, 0.15) is 26.5 Å². The molecule has 2 aromatic rings. The van der Waals surface area contributed by atoms with Crippen molar-refractivity contribution in [1.82, 2.24) is 14.7 Å². The Kier molecular flexibility index (Phi) is 3.69. The summed E-state index contributed by atoms with van der Waals surface area (Å²) in [5, 5.41) is 5.31. The van der Waals surface area contributed by atoms with Crippen molar-refractivity contribution in [1.29, 1.82) is 0 Å². The van der Waals surface area contributed by atoms with Crippen molar-refractivity contribution in [2.45, 2.75) is 33.4 Å². The Morgan fingerprint density at radius 2 is 2.29 bits per heavy atom. The third-order valence-corrected chi connectivity index (χ3v) is 3.68. The van der Waals surface area contributed by atoms with Crippen molar-refractivity contribution in [2.24, 2.45) is 0 Å². The molecule has 0 spiro atoms. The molecule has 0 fully saturated rings. The zero-order valence-electron chi connectivity index (χ0n) is 10.9. The third-order valence-electron chi connectivity index (χ3n) is 2.92. The number of fused-ring (bicyclic) bond motifs is 1. The Labute approximate surface area is 106 Å². The predicted octanol–water partition coefficient (Wildman–Crippen LogP) is 2.35. The van der Waals surface area contributed by atoms with Crippen LogP contribution in [0.25, 0.3) is 4.96 Å². The van der Waals surface area contributed by atoms with Gasteiger partial charge in [0.15, 0.2) is 10.8 Å². The van der Waals surface area contributed by atoms with Gasteiger partial charge in [-0.15, -0.1) is 11.3 Å². The van der Waals surface area contributed by atoms with Crippen LogP contribution >= 0.6 is 11.3 Å². The molecule has 0 radical (unpaired) electrons. The molecule has 1 N–H and O–H groups in total. The van der Waals surface area contributed by atoms with Gasteiger partial charge in [-0.1, -0.05) is 0 Å². The van der Waals surface area contributed by atoms with Crippen LogP contribution in [-0.2, 0) is 6.54 Å². The SMILES string of the molecule is CCN(c1nc2sccn2c1CNC)C(C)C. The van der Waals surface area contributed by atoms with E-state index in [0.717, 1.165) is 23.9 Å². The average Bonchev–Trinajstić information content (AvgIpc) is 2.83. The number of thiazole rings is 1. The van der Waals surface area contributed by atoms with E-state index < -0.39 is 0 Å². The zero-order chi connectivity index (χ0) is 12.4. The lowest BCUT2D eigenvalue weighted by atomic mass is 10.3. The second kappa shape index (κ2) is 5.06. The number of aromatic nitrogens is 2. The molecule has 2 rings (SSSR count). The molecule has 0 aromatic carbocycles. The topological polar surface area (TPSA) is 32.6 Å². The van der Waals surface area contributed by atoms with Crippen LogP contribution in [0, 0.1) is 0 Å². The van der Waals surface area contributed by atoms with Gasteiger partial charge in [-0.05, 0) is 27.8 Å². The second-order valence-electron chi connectivity index (χ2n) is 4.35. The molecule has 5 heteroatoms.